The molecule has 0 N–H and O–H groups in total. The van der Waals surface area contributed by atoms with E-state index in [4.69, 9.17) is 4.74 Å². The number of hydrogen-bond donors (Lipinski definition) is 0. The summed E-state index contributed by atoms with van der Waals surface area (Å²) in [5.74, 6) is 2.11. The van der Waals surface area contributed by atoms with Gasteiger partial charge in [0.15, 0.2) is 0 Å². The highest BCUT2D eigenvalue weighted by molar-refractivity contribution is 7.93. The van der Waals surface area contributed by atoms with E-state index in [0.29, 0.717) is 17.4 Å². The molecule has 0 aromatic rings. The molecule has 0 amide bonds. The van der Waals surface area contributed by atoms with Gasteiger partial charge in [-0.1, -0.05) is 13.8 Å². The molecule has 0 saturated carbocycles. The number of morpholine rings is 1. The Morgan fingerprint density at radius 2 is 2.06 bits per heavy atom. The van der Waals surface area contributed by atoms with E-state index in [0.717, 1.165) is 39.1 Å². The van der Waals surface area contributed by atoms with Crippen LogP contribution in [0.4, 0.5) is 0 Å². The number of nitrogens with zero attached hydrogens (tertiary/aromatic N) is 2. The van der Waals surface area contributed by atoms with Crippen molar-refractivity contribution in [2.24, 2.45) is 10.3 Å². The van der Waals surface area contributed by atoms with Gasteiger partial charge in [-0.25, -0.2) is 8.57 Å². The fourth-order valence-electron chi connectivity index (χ4n) is 3.00. The van der Waals surface area contributed by atoms with Crippen molar-refractivity contribution >= 4 is 9.73 Å². The van der Waals surface area contributed by atoms with Gasteiger partial charge in [-0.2, -0.15) is 0 Å². The molecule has 4 nitrogen and oxygen atoms in total. The van der Waals surface area contributed by atoms with E-state index in [1.807, 2.05) is 0 Å². The van der Waals surface area contributed by atoms with Gasteiger partial charge in [-0.15, -0.1) is 0 Å². The molecule has 18 heavy (non-hydrogen) atoms. The van der Waals surface area contributed by atoms with E-state index in [-0.39, 0.29) is 5.60 Å². The van der Waals surface area contributed by atoms with Gasteiger partial charge in [-0.3, -0.25) is 4.90 Å². The Morgan fingerprint density at radius 1 is 1.39 bits per heavy atom. The summed E-state index contributed by atoms with van der Waals surface area (Å²) in [6.07, 6.45) is 1.80. The molecule has 2 heterocycles. The second-order valence-electron chi connectivity index (χ2n) is 6.02. The van der Waals surface area contributed by atoms with Crippen molar-refractivity contribution in [1.82, 2.24) is 4.90 Å². The standard InChI is InChI=1S/C13H26N2O2S/c1-12(2)10-15-6-7-17-13(11-15)4-8-18(16,14-3)9-5-13/h12H,4-11H2,1-3H3. The van der Waals surface area contributed by atoms with Gasteiger partial charge in [-0.05, 0) is 18.8 Å². The molecule has 0 aliphatic carbocycles. The highest BCUT2D eigenvalue weighted by Crippen LogP contribution is 2.32. The van der Waals surface area contributed by atoms with Gasteiger partial charge < -0.3 is 4.74 Å². The Bertz CT molecular complexity index is 386. The van der Waals surface area contributed by atoms with Crippen molar-refractivity contribution in [3.05, 3.63) is 0 Å². The van der Waals surface area contributed by atoms with E-state index in [9.17, 15) is 4.21 Å². The SMILES string of the molecule is CN=S1(=O)CCC2(CC1)CN(CC(C)C)CCO2. The first-order valence-electron chi connectivity index (χ1n) is 6.94. The van der Waals surface area contributed by atoms with Crippen LogP contribution in [0, 0.1) is 5.92 Å². The van der Waals surface area contributed by atoms with E-state index >= 15 is 0 Å². The van der Waals surface area contributed by atoms with Crippen LogP contribution in [0.15, 0.2) is 4.36 Å². The lowest BCUT2D eigenvalue weighted by Crippen LogP contribution is -2.55. The summed E-state index contributed by atoms with van der Waals surface area (Å²) in [6, 6.07) is 0. The quantitative estimate of drug-likeness (QED) is 0.768. The van der Waals surface area contributed by atoms with Crippen LogP contribution < -0.4 is 0 Å². The Hall–Kier alpha value is -0.130. The topological polar surface area (TPSA) is 41.9 Å². The smallest absolute Gasteiger partial charge is 0.0827 e. The van der Waals surface area contributed by atoms with Gasteiger partial charge in [0.25, 0.3) is 0 Å². The minimum atomic E-state index is -1.92. The first kappa shape index (κ1) is 14.3. The summed E-state index contributed by atoms with van der Waals surface area (Å²) in [5.41, 5.74) is -0.0429. The maximum absolute atomic E-state index is 12.2. The van der Waals surface area contributed by atoms with E-state index < -0.39 is 9.73 Å². The van der Waals surface area contributed by atoms with Crippen LogP contribution in [-0.4, -0.2) is 59.5 Å². The Morgan fingerprint density at radius 3 is 2.61 bits per heavy atom. The van der Waals surface area contributed by atoms with E-state index in [1.165, 1.54) is 0 Å². The van der Waals surface area contributed by atoms with E-state index in [2.05, 4.69) is 23.1 Å². The minimum absolute atomic E-state index is 0.0429. The van der Waals surface area contributed by atoms with Crippen LogP contribution in [0.25, 0.3) is 0 Å². The third-order valence-electron chi connectivity index (χ3n) is 4.04. The average Bonchev–Trinajstić information content (AvgIpc) is 2.33. The molecule has 5 heteroatoms. The molecule has 2 rings (SSSR count). The van der Waals surface area contributed by atoms with Crippen molar-refractivity contribution in [2.75, 3.05) is 44.8 Å². The van der Waals surface area contributed by atoms with Gasteiger partial charge in [0, 0.05) is 47.9 Å². The van der Waals surface area contributed by atoms with Crippen LogP contribution in [0.2, 0.25) is 0 Å². The maximum Gasteiger partial charge on any atom is 0.0827 e. The third kappa shape index (κ3) is 3.25. The Balaban J connectivity index is 1.99. The summed E-state index contributed by atoms with van der Waals surface area (Å²) in [5, 5.41) is 0. The van der Waals surface area contributed by atoms with Crippen molar-refractivity contribution in [2.45, 2.75) is 32.3 Å². The Labute approximate surface area is 111 Å². The van der Waals surface area contributed by atoms with E-state index in [1.54, 1.807) is 7.05 Å². The van der Waals surface area contributed by atoms with Crippen molar-refractivity contribution in [1.29, 1.82) is 0 Å². The zero-order chi connectivity index (χ0) is 13.2. The average molecular weight is 274 g/mol. The molecule has 1 spiro atoms. The molecule has 2 aliphatic rings. The maximum atomic E-state index is 12.2. The molecule has 0 bridgehead atoms. The second-order valence-corrected chi connectivity index (χ2v) is 8.75. The monoisotopic (exact) mass is 274 g/mol. The molecule has 2 saturated heterocycles. The van der Waals surface area contributed by atoms with Crippen LogP contribution in [0.3, 0.4) is 0 Å². The molecule has 0 atom stereocenters. The fraction of sp³-hybridized carbons (Fsp3) is 1.00. The summed E-state index contributed by atoms with van der Waals surface area (Å²) in [6.45, 7) is 8.51. The van der Waals surface area contributed by atoms with Gasteiger partial charge in [0.05, 0.1) is 12.2 Å². The zero-order valence-electron chi connectivity index (χ0n) is 11.9. The molecule has 0 radical (unpaired) electrons. The van der Waals surface area contributed by atoms with Gasteiger partial charge in [0.1, 0.15) is 0 Å². The highest BCUT2D eigenvalue weighted by Gasteiger charge is 2.40. The van der Waals surface area contributed by atoms with Crippen molar-refractivity contribution < 1.29 is 8.95 Å². The van der Waals surface area contributed by atoms with Crippen LogP contribution in [-0.2, 0) is 14.5 Å². The molecule has 2 fully saturated rings. The third-order valence-corrected chi connectivity index (χ3v) is 6.39. The first-order chi connectivity index (χ1) is 8.47. The molecular formula is C13H26N2O2S. The number of hydrogen-bond acceptors (Lipinski definition) is 4. The summed E-state index contributed by atoms with van der Waals surface area (Å²) < 4.78 is 22.4. The normalized spacial score (nSPS) is 38.2. The number of ether oxygens (including phenoxy) is 1. The lowest BCUT2D eigenvalue weighted by molar-refractivity contribution is -0.115. The number of rotatable bonds is 2. The Kier molecular flexibility index (Phi) is 4.34. The molecule has 106 valence electrons. The first-order valence-corrected chi connectivity index (χ1v) is 8.79. The lowest BCUT2D eigenvalue weighted by Gasteiger charge is -2.45. The zero-order valence-corrected chi connectivity index (χ0v) is 12.7. The van der Waals surface area contributed by atoms with Crippen LogP contribution in [0.5, 0.6) is 0 Å². The van der Waals surface area contributed by atoms with Crippen molar-refractivity contribution in [3.8, 4) is 0 Å². The fourth-order valence-corrected chi connectivity index (χ4v) is 4.95. The molecular weight excluding hydrogens is 248 g/mol. The highest BCUT2D eigenvalue weighted by atomic mass is 32.2. The summed E-state index contributed by atoms with van der Waals surface area (Å²) >= 11 is 0. The van der Waals surface area contributed by atoms with Crippen molar-refractivity contribution in [3.63, 3.8) is 0 Å². The molecule has 0 aromatic carbocycles. The molecule has 0 aromatic heterocycles. The second kappa shape index (κ2) is 5.47. The summed E-state index contributed by atoms with van der Waals surface area (Å²) in [4.78, 5) is 2.50. The molecule has 2 aliphatic heterocycles. The predicted molar refractivity (Wildman–Crippen MR) is 75.4 cm³/mol. The van der Waals surface area contributed by atoms with Gasteiger partial charge in [0.2, 0.25) is 0 Å². The van der Waals surface area contributed by atoms with Crippen LogP contribution >= 0.6 is 0 Å². The van der Waals surface area contributed by atoms with Crippen LogP contribution in [0.1, 0.15) is 26.7 Å². The molecule has 0 unspecified atom stereocenters. The largest absolute Gasteiger partial charge is 0.372 e. The van der Waals surface area contributed by atoms with Gasteiger partial charge >= 0.3 is 0 Å². The lowest BCUT2D eigenvalue weighted by atomic mass is 9.94. The summed E-state index contributed by atoms with van der Waals surface area (Å²) in [7, 11) is -0.230. The predicted octanol–water partition coefficient (Wildman–Crippen LogP) is 1.60. The minimum Gasteiger partial charge on any atom is -0.372 e.